The number of rotatable bonds is 4. The number of aromatic nitrogens is 1. The Labute approximate surface area is 129 Å². The average Bonchev–Trinajstić information content (AvgIpc) is 2.85. The predicted molar refractivity (Wildman–Crippen MR) is 90.5 cm³/mol. The lowest BCUT2D eigenvalue weighted by atomic mass is 10.1. The average molecular weight is 300 g/mol. The summed E-state index contributed by atoms with van der Waals surface area (Å²) in [5.74, 6) is 0. The molecular weight excluding hydrogens is 282 g/mol. The van der Waals surface area contributed by atoms with Gasteiger partial charge in [0.15, 0.2) is 0 Å². The summed E-state index contributed by atoms with van der Waals surface area (Å²) in [4.78, 5) is 3.31. The lowest BCUT2D eigenvalue weighted by molar-refractivity contribution is 0.823. The highest BCUT2D eigenvalue weighted by Crippen LogP contribution is 2.28. The molecule has 1 aromatic heterocycles. The van der Waals surface area contributed by atoms with Gasteiger partial charge >= 0.3 is 0 Å². The topological polar surface area (TPSA) is 39.9 Å². The van der Waals surface area contributed by atoms with Crippen molar-refractivity contribution in [1.29, 1.82) is 0 Å². The van der Waals surface area contributed by atoms with Crippen LogP contribution in [0.4, 0.5) is 11.4 Å². The van der Waals surface area contributed by atoms with Gasteiger partial charge in [-0.1, -0.05) is 23.7 Å². The first-order chi connectivity index (χ1) is 10.2. The van der Waals surface area contributed by atoms with Gasteiger partial charge in [0.25, 0.3) is 0 Å². The van der Waals surface area contributed by atoms with Gasteiger partial charge in [-0.2, -0.15) is 0 Å². The van der Waals surface area contributed by atoms with E-state index in [1.807, 2.05) is 38.4 Å². The molecule has 0 radical (unpaired) electrons. The lowest BCUT2D eigenvalue weighted by Crippen LogP contribution is -2.03. The minimum atomic E-state index is 0.734. The molecule has 0 atom stereocenters. The molecule has 0 aliphatic rings. The van der Waals surface area contributed by atoms with Gasteiger partial charge in [-0.15, -0.1) is 0 Å². The maximum Gasteiger partial charge on any atom is 0.0643 e. The Morgan fingerprint density at radius 1 is 1.14 bits per heavy atom. The van der Waals surface area contributed by atoms with Crippen LogP contribution in [0.3, 0.4) is 0 Å². The molecular formula is C17H18ClN3. The van der Waals surface area contributed by atoms with E-state index in [1.165, 1.54) is 10.9 Å². The van der Waals surface area contributed by atoms with Crippen LogP contribution in [0, 0.1) is 6.92 Å². The van der Waals surface area contributed by atoms with Crippen molar-refractivity contribution in [3.05, 3.63) is 58.7 Å². The number of hydrogen-bond acceptors (Lipinski definition) is 2. The second-order valence-electron chi connectivity index (χ2n) is 5.21. The molecule has 108 valence electrons. The van der Waals surface area contributed by atoms with Crippen molar-refractivity contribution in [2.75, 3.05) is 12.4 Å². The molecule has 4 heteroatoms. The predicted octanol–water partition coefficient (Wildman–Crippen LogP) is 4.59. The van der Waals surface area contributed by atoms with E-state index in [1.54, 1.807) is 0 Å². The van der Waals surface area contributed by atoms with Gasteiger partial charge in [0.2, 0.25) is 0 Å². The molecule has 3 N–H and O–H groups in total. The van der Waals surface area contributed by atoms with Crippen LogP contribution in [0.5, 0.6) is 0 Å². The highest BCUT2D eigenvalue weighted by atomic mass is 35.5. The quantitative estimate of drug-likeness (QED) is 0.659. The van der Waals surface area contributed by atoms with E-state index in [0.29, 0.717) is 0 Å². The lowest BCUT2D eigenvalue weighted by Gasteiger charge is -2.09. The third kappa shape index (κ3) is 2.89. The number of halogens is 1. The minimum Gasteiger partial charge on any atom is -0.361 e. The molecule has 0 aliphatic carbocycles. The van der Waals surface area contributed by atoms with Crippen molar-refractivity contribution < 1.29 is 0 Å². The zero-order valence-electron chi connectivity index (χ0n) is 12.1. The van der Waals surface area contributed by atoms with Gasteiger partial charge in [-0.3, -0.25) is 0 Å². The summed E-state index contributed by atoms with van der Waals surface area (Å²) in [6, 6.07) is 12.3. The number of anilines is 2. The number of aryl methyl sites for hydroxylation is 1. The first-order valence-corrected chi connectivity index (χ1v) is 7.33. The van der Waals surface area contributed by atoms with Crippen LogP contribution < -0.4 is 10.6 Å². The van der Waals surface area contributed by atoms with Crippen molar-refractivity contribution in [1.82, 2.24) is 10.3 Å². The number of aromatic amines is 1. The van der Waals surface area contributed by atoms with Crippen molar-refractivity contribution in [2.45, 2.75) is 13.5 Å². The Morgan fingerprint density at radius 3 is 2.76 bits per heavy atom. The Bertz CT molecular complexity index is 777. The van der Waals surface area contributed by atoms with Crippen molar-refractivity contribution in [3.63, 3.8) is 0 Å². The molecule has 0 saturated carbocycles. The summed E-state index contributed by atoms with van der Waals surface area (Å²) >= 11 is 6.26. The summed E-state index contributed by atoms with van der Waals surface area (Å²) < 4.78 is 0. The summed E-state index contributed by atoms with van der Waals surface area (Å²) in [5.41, 5.74) is 5.48. The Morgan fingerprint density at radius 2 is 2.00 bits per heavy atom. The molecule has 2 aromatic carbocycles. The highest BCUT2D eigenvalue weighted by molar-refractivity contribution is 6.33. The number of H-pyrrole nitrogens is 1. The fourth-order valence-electron chi connectivity index (χ4n) is 2.48. The molecule has 3 nitrogen and oxygen atoms in total. The fourth-order valence-corrected chi connectivity index (χ4v) is 2.76. The molecule has 0 spiro atoms. The molecule has 1 heterocycles. The normalized spacial score (nSPS) is 11.0. The zero-order chi connectivity index (χ0) is 14.8. The van der Waals surface area contributed by atoms with Crippen LogP contribution in [0.2, 0.25) is 5.02 Å². The van der Waals surface area contributed by atoms with Crippen LogP contribution in [-0.4, -0.2) is 12.0 Å². The minimum absolute atomic E-state index is 0.734. The van der Waals surface area contributed by atoms with Crippen LogP contribution in [-0.2, 0) is 6.54 Å². The molecule has 21 heavy (non-hydrogen) atoms. The first kappa shape index (κ1) is 14.0. The standard InChI is InChI=1S/C17H18ClN3/c1-11-3-6-16(15(18)7-11)21-13-4-5-14-12(9-19-2)10-20-17(14)8-13/h3-8,10,19-21H,9H2,1-2H3. The van der Waals surface area contributed by atoms with Gasteiger partial charge < -0.3 is 15.6 Å². The number of nitrogens with one attached hydrogen (secondary N) is 3. The van der Waals surface area contributed by atoms with E-state index in [0.717, 1.165) is 34.0 Å². The fraction of sp³-hybridized carbons (Fsp3) is 0.176. The molecule has 0 amide bonds. The van der Waals surface area contributed by atoms with E-state index in [2.05, 4.69) is 33.8 Å². The van der Waals surface area contributed by atoms with E-state index >= 15 is 0 Å². The Hall–Kier alpha value is -1.97. The second kappa shape index (κ2) is 5.80. The third-order valence-corrected chi connectivity index (χ3v) is 3.85. The molecule has 3 aromatic rings. The molecule has 3 rings (SSSR count). The molecule has 0 fully saturated rings. The maximum absolute atomic E-state index is 6.26. The zero-order valence-corrected chi connectivity index (χ0v) is 12.9. The van der Waals surface area contributed by atoms with Crippen molar-refractivity contribution >= 4 is 33.9 Å². The van der Waals surface area contributed by atoms with Crippen LogP contribution in [0.25, 0.3) is 10.9 Å². The van der Waals surface area contributed by atoms with E-state index < -0.39 is 0 Å². The van der Waals surface area contributed by atoms with E-state index in [-0.39, 0.29) is 0 Å². The van der Waals surface area contributed by atoms with E-state index in [4.69, 9.17) is 11.6 Å². The van der Waals surface area contributed by atoms with Crippen LogP contribution in [0.15, 0.2) is 42.6 Å². The molecule has 0 aliphatic heterocycles. The third-order valence-electron chi connectivity index (χ3n) is 3.54. The SMILES string of the molecule is CNCc1c[nH]c2cc(Nc3ccc(C)cc3Cl)ccc12. The van der Waals surface area contributed by atoms with Gasteiger partial charge in [0.05, 0.1) is 10.7 Å². The second-order valence-corrected chi connectivity index (χ2v) is 5.62. The van der Waals surface area contributed by atoms with Crippen molar-refractivity contribution in [3.8, 4) is 0 Å². The highest BCUT2D eigenvalue weighted by Gasteiger charge is 2.05. The van der Waals surface area contributed by atoms with Gasteiger partial charge in [0.1, 0.15) is 0 Å². The summed E-state index contributed by atoms with van der Waals surface area (Å²) in [6.45, 7) is 2.89. The summed E-state index contributed by atoms with van der Waals surface area (Å²) in [6.07, 6.45) is 2.05. The molecule has 0 unspecified atom stereocenters. The van der Waals surface area contributed by atoms with Gasteiger partial charge in [-0.05, 0) is 49.4 Å². The largest absolute Gasteiger partial charge is 0.361 e. The van der Waals surface area contributed by atoms with Gasteiger partial charge in [0, 0.05) is 29.3 Å². The number of hydrogen-bond donors (Lipinski definition) is 3. The molecule has 0 saturated heterocycles. The Balaban J connectivity index is 1.91. The van der Waals surface area contributed by atoms with Gasteiger partial charge in [-0.25, -0.2) is 0 Å². The first-order valence-electron chi connectivity index (χ1n) is 6.95. The smallest absolute Gasteiger partial charge is 0.0643 e. The van der Waals surface area contributed by atoms with Crippen molar-refractivity contribution in [2.24, 2.45) is 0 Å². The Kier molecular flexibility index (Phi) is 3.86. The number of fused-ring (bicyclic) bond motifs is 1. The molecule has 0 bridgehead atoms. The van der Waals surface area contributed by atoms with E-state index in [9.17, 15) is 0 Å². The van der Waals surface area contributed by atoms with Crippen LogP contribution in [0.1, 0.15) is 11.1 Å². The summed E-state index contributed by atoms with van der Waals surface area (Å²) in [5, 5.41) is 8.52. The van der Waals surface area contributed by atoms with Crippen LogP contribution >= 0.6 is 11.6 Å². The number of benzene rings is 2. The monoisotopic (exact) mass is 299 g/mol. The maximum atomic E-state index is 6.26. The summed E-state index contributed by atoms with van der Waals surface area (Å²) in [7, 11) is 1.95.